The largest absolute Gasteiger partial charge is 0.368 e. The van der Waals surface area contributed by atoms with Gasteiger partial charge in [-0.3, -0.25) is 10.3 Å². The van der Waals surface area contributed by atoms with Crippen molar-refractivity contribution in [1.82, 2.24) is 15.5 Å². The van der Waals surface area contributed by atoms with Gasteiger partial charge in [-0.1, -0.05) is 0 Å². The summed E-state index contributed by atoms with van der Waals surface area (Å²) in [6, 6.07) is 1.31. The standard InChI is InChI=1S/C19H36N4O2S/c1-20-11-22-18-15(17-14(19(24)25)8-9-16(17)26-18)10-21-12-4-6-13(7-5-12)23(2)3/h12-19,21-22,24-25H,1,4-11H2,2-3H3/t12-,13-,14?,15?,16?,17-,18?/m0/s1. The smallest absolute Gasteiger partial charge is 0.154 e. The van der Waals surface area contributed by atoms with Crippen LogP contribution in [-0.2, 0) is 0 Å². The van der Waals surface area contributed by atoms with Crippen LogP contribution in [0, 0.1) is 17.8 Å². The Morgan fingerprint density at radius 3 is 2.46 bits per heavy atom. The fourth-order valence-corrected chi connectivity index (χ4v) is 7.19. The van der Waals surface area contributed by atoms with Gasteiger partial charge in [0, 0.05) is 35.7 Å². The van der Waals surface area contributed by atoms with Crippen LogP contribution in [0.5, 0.6) is 0 Å². The summed E-state index contributed by atoms with van der Waals surface area (Å²) in [6.45, 7) is 5.09. The Balaban J connectivity index is 1.58. The average molecular weight is 385 g/mol. The second-order valence-corrected chi connectivity index (χ2v) is 9.84. The monoisotopic (exact) mass is 384 g/mol. The van der Waals surface area contributed by atoms with Crippen molar-refractivity contribution in [3.8, 4) is 0 Å². The SMILES string of the molecule is C=NCNC1SC2CCC(C(O)O)[C@H]2C1CN[C@H]1CC[C@H](N(C)C)CC1. The molecule has 7 heteroatoms. The van der Waals surface area contributed by atoms with E-state index in [1.807, 2.05) is 11.8 Å². The Hall–Kier alpha value is -0.180. The number of aliphatic imine (C=N–C) groups is 1. The first-order valence-electron chi connectivity index (χ1n) is 10.1. The first-order valence-corrected chi connectivity index (χ1v) is 11.0. The molecule has 4 unspecified atom stereocenters. The molecule has 2 saturated carbocycles. The number of nitrogens with one attached hydrogen (secondary N) is 2. The van der Waals surface area contributed by atoms with Crippen LogP contribution in [0.2, 0.25) is 0 Å². The normalized spacial score (nSPS) is 40.3. The number of fused-ring (bicyclic) bond motifs is 1. The fraction of sp³-hybridized carbons (Fsp3) is 0.947. The first-order chi connectivity index (χ1) is 12.5. The Bertz CT molecular complexity index is 457. The van der Waals surface area contributed by atoms with E-state index in [2.05, 4.69) is 41.3 Å². The number of aliphatic hydroxyl groups excluding tert-OH is 1. The van der Waals surface area contributed by atoms with E-state index in [1.54, 1.807) is 0 Å². The van der Waals surface area contributed by atoms with Gasteiger partial charge in [0.2, 0.25) is 0 Å². The Kier molecular flexibility index (Phi) is 7.39. The van der Waals surface area contributed by atoms with Crippen molar-refractivity contribution in [3.05, 3.63) is 0 Å². The molecular formula is C19H36N4O2S. The lowest BCUT2D eigenvalue weighted by atomic mass is 9.82. The van der Waals surface area contributed by atoms with Crippen LogP contribution in [0.3, 0.4) is 0 Å². The van der Waals surface area contributed by atoms with Gasteiger partial charge < -0.3 is 20.4 Å². The number of aliphatic hydroxyl groups is 2. The zero-order chi connectivity index (χ0) is 18.7. The highest BCUT2D eigenvalue weighted by Gasteiger charge is 2.52. The minimum Gasteiger partial charge on any atom is -0.368 e. The lowest BCUT2D eigenvalue weighted by Crippen LogP contribution is -2.46. The minimum atomic E-state index is -1.19. The predicted molar refractivity (Wildman–Crippen MR) is 108 cm³/mol. The summed E-state index contributed by atoms with van der Waals surface area (Å²) in [4.78, 5) is 6.31. The number of hydrogen-bond acceptors (Lipinski definition) is 7. The van der Waals surface area contributed by atoms with Gasteiger partial charge >= 0.3 is 0 Å². The van der Waals surface area contributed by atoms with Crippen molar-refractivity contribution >= 4 is 18.5 Å². The summed E-state index contributed by atoms with van der Waals surface area (Å²) < 4.78 is 0. The summed E-state index contributed by atoms with van der Waals surface area (Å²) in [5, 5.41) is 27.9. The molecule has 1 saturated heterocycles. The van der Waals surface area contributed by atoms with Crippen molar-refractivity contribution in [3.63, 3.8) is 0 Å². The Labute approximate surface area is 162 Å². The summed E-state index contributed by atoms with van der Waals surface area (Å²) in [7, 11) is 4.36. The second kappa shape index (κ2) is 9.34. The molecular weight excluding hydrogens is 348 g/mol. The number of rotatable bonds is 8. The molecule has 1 aliphatic heterocycles. The van der Waals surface area contributed by atoms with Crippen molar-refractivity contribution in [2.45, 2.75) is 67.5 Å². The van der Waals surface area contributed by atoms with Gasteiger partial charge in [0.05, 0.1) is 12.0 Å². The van der Waals surface area contributed by atoms with Crippen LogP contribution < -0.4 is 10.6 Å². The van der Waals surface area contributed by atoms with Gasteiger partial charge in [0.15, 0.2) is 6.29 Å². The highest BCUT2D eigenvalue weighted by atomic mass is 32.2. The van der Waals surface area contributed by atoms with Crippen LogP contribution >= 0.6 is 11.8 Å². The first kappa shape index (κ1) is 20.6. The van der Waals surface area contributed by atoms with Gasteiger partial charge in [-0.2, -0.15) is 0 Å². The Morgan fingerprint density at radius 1 is 1.12 bits per heavy atom. The molecule has 4 N–H and O–H groups in total. The second-order valence-electron chi connectivity index (χ2n) is 8.45. The third kappa shape index (κ3) is 4.62. The molecule has 0 spiro atoms. The number of nitrogens with zero attached hydrogens (tertiary/aromatic N) is 2. The van der Waals surface area contributed by atoms with E-state index < -0.39 is 6.29 Å². The molecule has 5 atom stereocenters. The van der Waals surface area contributed by atoms with E-state index in [4.69, 9.17) is 0 Å². The molecule has 0 aromatic carbocycles. The van der Waals surface area contributed by atoms with Gasteiger partial charge in [-0.25, -0.2) is 0 Å². The van der Waals surface area contributed by atoms with Crippen LogP contribution in [-0.4, -0.2) is 78.1 Å². The van der Waals surface area contributed by atoms with Crippen molar-refractivity contribution in [2.75, 3.05) is 27.3 Å². The van der Waals surface area contributed by atoms with Crippen molar-refractivity contribution in [1.29, 1.82) is 0 Å². The van der Waals surface area contributed by atoms with Crippen LogP contribution in [0.25, 0.3) is 0 Å². The van der Waals surface area contributed by atoms with E-state index in [9.17, 15) is 10.2 Å². The maximum Gasteiger partial charge on any atom is 0.154 e. The zero-order valence-corrected chi connectivity index (χ0v) is 17.0. The number of thioether (sulfide) groups is 1. The molecule has 0 radical (unpaired) electrons. The molecule has 26 heavy (non-hydrogen) atoms. The molecule has 3 fully saturated rings. The van der Waals surface area contributed by atoms with Gasteiger partial charge in [-0.05, 0) is 65.3 Å². The molecule has 3 aliphatic rings. The maximum atomic E-state index is 9.85. The van der Waals surface area contributed by atoms with Crippen LogP contribution in [0.15, 0.2) is 4.99 Å². The molecule has 0 aromatic rings. The van der Waals surface area contributed by atoms with Crippen LogP contribution in [0.4, 0.5) is 0 Å². The molecule has 1 heterocycles. The van der Waals surface area contributed by atoms with E-state index in [-0.39, 0.29) is 5.92 Å². The third-order valence-electron chi connectivity index (χ3n) is 6.77. The van der Waals surface area contributed by atoms with Gasteiger partial charge in [0.25, 0.3) is 0 Å². The van der Waals surface area contributed by atoms with E-state index >= 15 is 0 Å². The minimum absolute atomic E-state index is 0.00673. The highest BCUT2D eigenvalue weighted by Crippen LogP contribution is 2.53. The third-order valence-corrected chi connectivity index (χ3v) is 8.48. The number of hydrogen-bond donors (Lipinski definition) is 4. The van der Waals surface area contributed by atoms with E-state index in [0.29, 0.717) is 35.2 Å². The zero-order valence-electron chi connectivity index (χ0n) is 16.2. The molecule has 150 valence electrons. The average Bonchev–Trinajstić information content (AvgIpc) is 3.17. The molecule has 0 amide bonds. The summed E-state index contributed by atoms with van der Waals surface area (Å²) >= 11 is 1.97. The van der Waals surface area contributed by atoms with Crippen molar-refractivity contribution < 1.29 is 10.2 Å². The highest BCUT2D eigenvalue weighted by molar-refractivity contribution is 8.00. The molecule has 0 bridgehead atoms. The lowest BCUT2D eigenvalue weighted by Gasteiger charge is -2.35. The predicted octanol–water partition coefficient (Wildman–Crippen LogP) is 1.09. The molecule has 2 aliphatic carbocycles. The molecule has 3 rings (SSSR count). The van der Waals surface area contributed by atoms with Gasteiger partial charge in [0.1, 0.15) is 0 Å². The maximum absolute atomic E-state index is 9.85. The Morgan fingerprint density at radius 2 is 1.85 bits per heavy atom. The lowest BCUT2D eigenvalue weighted by molar-refractivity contribution is -0.0989. The summed E-state index contributed by atoms with van der Waals surface area (Å²) in [5.41, 5.74) is 0. The van der Waals surface area contributed by atoms with E-state index in [0.717, 1.165) is 25.4 Å². The van der Waals surface area contributed by atoms with E-state index in [1.165, 1.54) is 25.7 Å². The van der Waals surface area contributed by atoms with Gasteiger partial charge in [-0.15, -0.1) is 11.8 Å². The quantitative estimate of drug-likeness (QED) is 0.371. The molecule has 0 aromatic heterocycles. The molecule has 6 nitrogen and oxygen atoms in total. The topological polar surface area (TPSA) is 80.1 Å². The summed E-state index contributed by atoms with van der Waals surface area (Å²) in [5.74, 6) is 0.785. The van der Waals surface area contributed by atoms with Crippen LogP contribution in [0.1, 0.15) is 38.5 Å². The van der Waals surface area contributed by atoms with Crippen molar-refractivity contribution in [2.24, 2.45) is 22.7 Å². The summed E-state index contributed by atoms with van der Waals surface area (Å²) in [6.07, 6.45) is 5.80. The fourth-order valence-electron chi connectivity index (χ4n) is 5.30.